The number of carbonyl (C=O) groups is 3. The summed E-state index contributed by atoms with van der Waals surface area (Å²) in [5.41, 5.74) is 0.697. The number of benzene rings is 1. The Labute approximate surface area is 156 Å². The summed E-state index contributed by atoms with van der Waals surface area (Å²) in [4.78, 5) is 39.7. The van der Waals surface area contributed by atoms with Gasteiger partial charge in [-0.05, 0) is 49.4 Å². The van der Waals surface area contributed by atoms with Crippen LogP contribution in [0.4, 0.5) is 4.79 Å². The molecule has 140 valence electrons. The molecule has 1 aliphatic heterocycles. The maximum Gasteiger partial charge on any atom is 0.294 e. The van der Waals surface area contributed by atoms with Crippen LogP contribution in [0.2, 0.25) is 0 Å². The molecule has 0 radical (unpaired) electrons. The van der Waals surface area contributed by atoms with Crippen LogP contribution in [0.25, 0.3) is 6.08 Å². The van der Waals surface area contributed by atoms with Gasteiger partial charge in [-0.15, -0.1) is 0 Å². The van der Waals surface area contributed by atoms with Crippen molar-refractivity contribution < 1.29 is 23.9 Å². The number of thioether (sulfide) groups is 1. The first-order valence-corrected chi connectivity index (χ1v) is 9.01. The van der Waals surface area contributed by atoms with E-state index in [9.17, 15) is 14.4 Å². The highest BCUT2D eigenvalue weighted by Crippen LogP contribution is 2.34. The van der Waals surface area contributed by atoms with Crippen LogP contribution in [-0.2, 0) is 9.59 Å². The minimum atomic E-state index is -0.463. The normalized spacial score (nSPS) is 15.5. The van der Waals surface area contributed by atoms with Crippen LogP contribution in [0.1, 0.15) is 19.4 Å². The van der Waals surface area contributed by atoms with Gasteiger partial charge in [0, 0.05) is 13.1 Å². The molecule has 1 aromatic rings. The molecule has 1 fully saturated rings. The summed E-state index contributed by atoms with van der Waals surface area (Å²) in [6.45, 7) is 4.54. The van der Waals surface area contributed by atoms with Crippen LogP contribution in [0.3, 0.4) is 0 Å². The predicted octanol–water partition coefficient (Wildman–Crippen LogP) is 2.61. The largest absolute Gasteiger partial charge is 0.493 e. The Kier molecular flexibility index (Phi) is 6.68. The third-order valence-corrected chi connectivity index (χ3v) is 4.90. The van der Waals surface area contributed by atoms with Crippen molar-refractivity contribution in [1.29, 1.82) is 0 Å². The lowest BCUT2D eigenvalue weighted by molar-refractivity contribution is -0.135. The van der Waals surface area contributed by atoms with Crippen molar-refractivity contribution in [3.8, 4) is 11.5 Å². The van der Waals surface area contributed by atoms with Crippen LogP contribution in [0.15, 0.2) is 23.1 Å². The van der Waals surface area contributed by atoms with Crippen LogP contribution in [-0.4, -0.2) is 60.7 Å². The molecule has 0 unspecified atom stereocenters. The molecule has 7 nitrogen and oxygen atoms in total. The van der Waals surface area contributed by atoms with E-state index in [1.54, 1.807) is 29.2 Å². The molecule has 1 aliphatic rings. The number of carbonyl (C=O) groups excluding carboxylic acids is 3. The van der Waals surface area contributed by atoms with Crippen LogP contribution < -0.4 is 9.47 Å². The summed E-state index contributed by atoms with van der Waals surface area (Å²) in [6.07, 6.45) is 1.61. The van der Waals surface area contributed by atoms with Crippen LogP contribution in [0.5, 0.6) is 11.5 Å². The molecule has 0 spiro atoms. The second-order valence-corrected chi connectivity index (χ2v) is 6.44. The smallest absolute Gasteiger partial charge is 0.294 e. The van der Waals surface area contributed by atoms with Gasteiger partial charge in [0.25, 0.3) is 11.1 Å². The number of rotatable bonds is 7. The Hall–Kier alpha value is -2.48. The zero-order chi connectivity index (χ0) is 19.3. The predicted molar refractivity (Wildman–Crippen MR) is 100 cm³/mol. The first kappa shape index (κ1) is 19.8. The summed E-state index contributed by atoms with van der Waals surface area (Å²) in [6, 6.07) is 5.20. The van der Waals surface area contributed by atoms with Crippen molar-refractivity contribution in [3.05, 3.63) is 28.7 Å². The average molecular weight is 378 g/mol. The molecule has 0 saturated carbocycles. The van der Waals surface area contributed by atoms with Gasteiger partial charge in [0.15, 0.2) is 11.5 Å². The molecule has 0 N–H and O–H groups in total. The summed E-state index contributed by atoms with van der Waals surface area (Å²) in [7, 11) is 3.06. The van der Waals surface area contributed by atoms with Gasteiger partial charge >= 0.3 is 0 Å². The average Bonchev–Trinajstić information content (AvgIpc) is 2.90. The van der Waals surface area contributed by atoms with Gasteiger partial charge in [-0.25, -0.2) is 0 Å². The standard InChI is InChI=1S/C18H22N2O5S/c1-5-19(6-2)16(21)11-20-17(22)15(26-18(20)23)10-12-7-8-13(24-3)14(9-12)25-4/h7-10H,5-6,11H2,1-4H3/b15-10+. The van der Waals surface area contributed by atoms with E-state index in [2.05, 4.69) is 0 Å². The van der Waals surface area contributed by atoms with Gasteiger partial charge in [0.2, 0.25) is 5.91 Å². The molecular weight excluding hydrogens is 356 g/mol. The monoisotopic (exact) mass is 378 g/mol. The molecule has 0 bridgehead atoms. The fourth-order valence-corrected chi connectivity index (χ4v) is 3.38. The Balaban J connectivity index is 2.20. The highest BCUT2D eigenvalue weighted by atomic mass is 32.2. The fraction of sp³-hybridized carbons (Fsp3) is 0.389. The minimum Gasteiger partial charge on any atom is -0.493 e. The number of imide groups is 1. The van der Waals surface area contributed by atoms with Gasteiger partial charge in [-0.1, -0.05) is 6.07 Å². The third kappa shape index (κ3) is 4.19. The van der Waals surface area contributed by atoms with Gasteiger partial charge in [-0.3, -0.25) is 19.3 Å². The molecule has 1 aromatic carbocycles. The van der Waals surface area contributed by atoms with Crippen molar-refractivity contribution in [1.82, 2.24) is 9.80 Å². The van der Waals surface area contributed by atoms with E-state index in [0.29, 0.717) is 30.2 Å². The highest BCUT2D eigenvalue weighted by molar-refractivity contribution is 8.18. The van der Waals surface area contributed by atoms with Crippen molar-refractivity contribution >= 4 is 34.9 Å². The van der Waals surface area contributed by atoms with Crippen molar-refractivity contribution in [2.75, 3.05) is 33.9 Å². The van der Waals surface area contributed by atoms with E-state index in [-0.39, 0.29) is 17.4 Å². The zero-order valence-electron chi connectivity index (χ0n) is 15.3. The van der Waals surface area contributed by atoms with E-state index in [4.69, 9.17) is 9.47 Å². The Morgan fingerprint density at radius 2 is 1.81 bits per heavy atom. The quantitative estimate of drug-likeness (QED) is 0.679. The van der Waals surface area contributed by atoms with E-state index >= 15 is 0 Å². The van der Waals surface area contributed by atoms with Gasteiger partial charge in [-0.2, -0.15) is 0 Å². The van der Waals surface area contributed by atoms with Crippen molar-refractivity contribution in [3.63, 3.8) is 0 Å². The number of hydrogen-bond donors (Lipinski definition) is 0. The second-order valence-electron chi connectivity index (χ2n) is 5.45. The first-order chi connectivity index (χ1) is 12.4. The van der Waals surface area contributed by atoms with E-state index in [1.807, 2.05) is 13.8 Å². The van der Waals surface area contributed by atoms with Crippen molar-refractivity contribution in [2.24, 2.45) is 0 Å². The highest BCUT2D eigenvalue weighted by Gasteiger charge is 2.36. The molecule has 26 heavy (non-hydrogen) atoms. The van der Waals surface area contributed by atoms with Gasteiger partial charge in [0.1, 0.15) is 6.54 Å². The molecule has 0 aliphatic carbocycles. The lowest BCUT2D eigenvalue weighted by Crippen LogP contribution is -2.41. The zero-order valence-corrected chi connectivity index (χ0v) is 16.1. The summed E-state index contributed by atoms with van der Waals surface area (Å²) < 4.78 is 10.4. The second kappa shape index (κ2) is 8.75. The Morgan fingerprint density at radius 3 is 2.38 bits per heavy atom. The number of amides is 3. The van der Waals surface area contributed by atoms with Crippen molar-refractivity contribution in [2.45, 2.75) is 13.8 Å². The third-order valence-electron chi connectivity index (χ3n) is 3.99. The number of nitrogens with zero attached hydrogens (tertiary/aromatic N) is 2. The topological polar surface area (TPSA) is 76.2 Å². The Morgan fingerprint density at radius 1 is 1.15 bits per heavy atom. The molecule has 2 rings (SSSR count). The molecule has 1 heterocycles. The number of likely N-dealkylation sites (N-methyl/N-ethyl adjacent to an activating group) is 1. The minimum absolute atomic E-state index is 0.240. The van der Waals surface area contributed by atoms with Crippen LogP contribution >= 0.6 is 11.8 Å². The molecular formula is C18H22N2O5S. The number of ether oxygens (including phenoxy) is 2. The molecule has 3 amide bonds. The first-order valence-electron chi connectivity index (χ1n) is 8.20. The fourth-order valence-electron chi connectivity index (χ4n) is 2.54. The SMILES string of the molecule is CCN(CC)C(=O)CN1C(=O)S/C(=C/c2ccc(OC)c(OC)c2)C1=O. The van der Waals surface area contributed by atoms with Gasteiger partial charge < -0.3 is 14.4 Å². The van der Waals surface area contributed by atoms with E-state index < -0.39 is 11.1 Å². The summed E-state index contributed by atoms with van der Waals surface area (Å²) in [5.74, 6) is 0.389. The maximum atomic E-state index is 12.5. The molecule has 8 heteroatoms. The summed E-state index contributed by atoms with van der Waals surface area (Å²) in [5, 5.41) is -0.442. The molecule has 0 aromatic heterocycles. The van der Waals surface area contributed by atoms with Crippen LogP contribution in [0, 0.1) is 0 Å². The number of methoxy groups -OCH3 is 2. The van der Waals surface area contributed by atoms with E-state index in [0.717, 1.165) is 16.7 Å². The van der Waals surface area contributed by atoms with E-state index in [1.165, 1.54) is 14.2 Å². The Bertz CT molecular complexity index is 743. The molecule has 0 atom stereocenters. The van der Waals surface area contributed by atoms with Gasteiger partial charge in [0.05, 0.1) is 19.1 Å². The lowest BCUT2D eigenvalue weighted by Gasteiger charge is -2.21. The molecule has 1 saturated heterocycles. The number of hydrogen-bond acceptors (Lipinski definition) is 6. The maximum absolute atomic E-state index is 12.5. The lowest BCUT2D eigenvalue weighted by atomic mass is 10.2. The summed E-state index contributed by atoms with van der Waals surface area (Å²) >= 11 is 0.825.